The number of phenols is 1. The van der Waals surface area contributed by atoms with Crippen molar-refractivity contribution in [3.8, 4) is 11.8 Å². The maximum Gasteiger partial charge on any atom is 0.311 e. The zero-order valence-electron chi connectivity index (χ0n) is 10.3. The molecule has 0 unspecified atom stereocenters. The van der Waals surface area contributed by atoms with Crippen molar-refractivity contribution in [2.75, 3.05) is 14.1 Å². The molecule has 7 nitrogen and oxygen atoms in total. The van der Waals surface area contributed by atoms with Crippen molar-refractivity contribution in [1.82, 2.24) is 4.90 Å². The van der Waals surface area contributed by atoms with Crippen molar-refractivity contribution < 1.29 is 14.8 Å². The van der Waals surface area contributed by atoms with Gasteiger partial charge in [0.15, 0.2) is 5.75 Å². The molecular weight excluding hydrogens is 250 g/mol. The number of nitro groups is 1. The monoisotopic (exact) mass is 261 g/mol. The molecule has 1 N–H and O–H groups in total. The number of rotatable bonds is 3. The Morgan fingerprint density at radius 3 is 2.63 bits per heavy atom. The normalized spacial score (nSPS) is 10.7. The van der Waals surface area contributed by atoms with Crippen molar-refractivity contribution in [1.29, 1.82) is 5.26 Å². The SMILES string of the molecule is CN(C)C(=O)/C(C#N)=C\c1ccc(O)c([N+](=O)[O-])c1. The molecule has 19 heavy (non-hydrogen) atoms. The van der Waals surface area contributed by atoms with E-state index in [1.54, 1.807) is 6.07 Å². The minimum atomic E-state index is -0.744. The number of likely N-dealkylation sites (N-methyl/N-ethyl adjacent to an activating group) is 1. The van der Waals surface area contributed by atoms with E-state index in [1.165, 1.54) is 31.1 Å². The molecule has 0 aliphatic carbocycles. The zero-order valence-corrected chi connectivity index (χ0v) is 10.3. The van der Waals surface area contributed by atoms with Crippen molar-refractivity contribution in [2.45, 2.75) is 0 Å². The van der Waals surface area contributed by atoms with E-state index in [4.69, 9.17) is 5.26 Å². The lowest BCUT2D eigenvalue weighted by Crippen LogP contribution is -2.22. The van der Waals surface area contributed by atoms with E-state index in [2.05, 4.69) is 0 Å². The molecule has 0 aromatic heterocycles. The Balaban J connectivity index is 3.24. The van der Waals surface area contributed by atoms with Crippen molar-refractivity contribution >= 4 is 17.7 Å². The third-order valence-corrected chi connectivity index (χ3v) is 2.26. The average Bonchev–Trinajstić information content (AvgIpc) is 2.36. The zero-order chi connectivity index (χ0) is 14.6. The van der Waals surface area contributed by atoms with Gasteiger partial charge in [0, 0.05) is 20.2 Å². The molecule has 0 fully saturated rings. The average molecular weight is 261 g/mol. The second kappa shape index (κ2) is 5.64. The van der Waals surface area contributed by atoms with Gasteiger partial charge in [-0.3, -0.25) is 14.9 Å². The summed E-state index contributed by atoms with van der Waals surface area (Å²) in [6.45, 7) is 0. The number of hydrogen-bond acceptors (Lipinski definition) is 5. The Bertz CT molecular complexity index is 599. The van der Waals surface area contributed by atoms with Gasteiger partial charge in [0.25, 0.3) is 5.91 Å². The molecule has 1 aromatic rings. The highest BCUT2D eigenvalue weighted by atomic mass is 16.6. The Morgan fingerprint density at radius 1 is 1.53 bits per heavy atom. The van der Waals surface area contributed by atoms with E-state index in [0.717, 1.165) is 12.1 Å². The first kappa shape index (κ1) is 14.2. The molecular formula is C12H11N3O4. The number of nitro benzene ring substituents is 1. The number of nitrogens with zero attached hydrogens (tertiary/aromatic N) is 3. The largest absolute Gasteiger partial charge is 0.502 e. The molecule has 0 heterocycles. The first-order valence-electron chi connectivity index (χ1n) is 5.17. The number of amides is 1. The number of benzene rings is 1. The highest BCUT2D eigenvalue weighted by molar-refractivity contribution is 6.01. The summed E-state index contributed by atoms with van der Waals surface area (Å²) in [5.41, 5.74) is -0.343. The standard InChI is InChI=1S/C12H11N3O4/c1-14(2)12(17)9(7-13)5-8-3-4-11(16)10(6-8)15(18)19/h3-6,16H,1-2H3/b9-5-. The molecule has 0 bridgehead atoms. The fraction of sp³-hybridized carbons (Fsp3) is 0.167. The number of phenolic OH excluding ortho intramolecular Hbond substituents is 1. The summed E-state index contributed by atoms with van der Waals surface area (Å²) >= 11 is 0. The fourth-order valence-corrected chi connectivity index (χ4v) is 1.33. The second-order valence-electron chi connectivity index (χ2n) is 3.87. The summed E-state index contributed by atoms with van der Waals surface area (Å²) in [6.07, 6.45) is 1.23. The lowest BCUT2D eigenvalue weighted by atomic mass is 10.1. The highest BCUT2D eigenvalue weighted by Gasteiger charge is 2.15. The van der Waals surface area contributed by atoms with Gasteiger partial charge in [-0.1, -0.05) is 6.07 Å². The minimum Gasteiger partial charge on any atom is -0.502 e. The van der Waals surface area contributed by atoms with Crippen LogP contribution in [0.5, 0.6) is 5.75 Å². The molecule has 0 saturated carbocycles. The molecule has 1 rings (SSSR count). The predicted molar refractivity (Wildman–Crippen MR) is 67.0 cm³/mol. The lowest BCUT2D eigenvalue weighted by molar-refractivity contribution is -0.385. The summed E-state index contributed by atoms with van der Waals surface area (Å²) in [6, 6.07) is 5.34. The summed E-state index contributed by atoms with van der Waals surface area (Å²) in [4.78, 5) is 22.8. The molecule has 0 atom stereocenters. The van der Waals surface area contributed by atoms with Gasteiger partial charge < -0.3 is 10.0 Å². The maximum atomic E-state index is 11.6. The summed E-state index contributed by atoms with van der Waals surface area (Å²) < 4.78 is 0. The summed E-state index contributed by atoms with van der Waals surface area (Å²) in [7, 11) is 2.99. The van der Waals surface area contributed by atoms with Crippen LogP contribution in [0.25, 0.3) is 6.08 Å². The molecule has 0 aliphatic rings. The van der Waals surface area contributed by atoms with Crippen LogP contribution in [0.15, 0.2) is 23.8 Å². The van der Waals surface area contributed by atoms with Crippen LogP contribution in [-0.4, -0.2) is 34.9 Å². The van der Waals surface area contributed by atoms with Crippen molar-refractivity contribution in [2.24, 2.45) is 0 Å². The Kier molecular flexibility index (Phi) is 4.21. The minimum absolute atomic E-state index is 0.148. The maximum absolute atomic E-state index is 11.6. The van der Waals surface area contributed by atoms with Crippen LogP contribution < -0.4 is 0 Å². The second-order valence-corrected chi connectivity index (χ2v) is 3.87. The first-order valence-corrected chi connectivity index (χ1v) is 5.17. The number of hydrogen-bond donors (Lipinski definition) is 1. The fourth-order valence-electron chi connectivity index (χ4n) is 1.33. The van der Waals surface area contributed by atoms with Gasteiger partial charge in [0.1, 0.15) is 11.6 Å². The smallest absolute Gasteiger partial charge is 0.311 e. The highest BCUT2D eigenvalue weighted by Crippen LogP contribution is 2.27. The van der Waals surface area contributed by atoms with Gasteiger partial charge in [-0.05, 0) is 17.7 Å². The predicted octanol–water partition coefficient (Wildman–Crippen LogP) is 1.30. The molecule has 7 heteroatoms. The molecule has 98 valence electrons. The molecule has 0 spiro atoms. The quantitative estimate of drug-likeness (QED) is 0.382. The lowest BCUT2D eigenvalue weighted by Gasteiger charge is -2.08. The molecule has 0 radical (unpaired) electrons. The van der Waals surface area contributed by atoms with Crippen LogP contribution in [0.2, 0.25) is 0 Å². The van der Waals surface area contributed by atoms with Gasteiger partial charge in [-0.2, -0.15) is 5.26 Å². The van der Waals surface area contributed by atoms with E-state index in [-0.39, 0.29) is 11.1 Å². The van der Waals surface area contributed by atoms with Gasteiger partial charge in [0.05, 0.1) is 4.92 Å². The summed E-state index contributed by atoms with van der Waals surface area (Å²) in [5, 5.41) is 28.8. The Labute approximate surface area is 109 Å². The van der Waals surface area contributed by atoms with Gasteiger partial charge >= 0.3 is 5.69 Å². The molecule has 0 saturated heterocycles. The van der Waals surface area contributed by atoms with Gasteiger partial charge in [-0.25, -0.2) is 0 Å². The Hall–Kier alpha value is -2.88. The van der Waals surface area contributed by atoms with Crippen LogP contribution >= 0.6 is 0 Å². The van der Waals surface area contributed by atoms with Gasteiger partial charge in [-0.15, -0.1) is 0 Å². The number of carbonyl (C=O) groups excluding carboxylic acids is 1. The van der Waals surface area contributed by atoms with E-state index >= 15 is 0 Å². The van der Waals surface area contributed by atoms with E-state index in [9.17, 15) is 20.0 Å². The number of aromatic hydroxyl groups is 1. The van der Waals surface area contributed by atoms with E-state index < -0.39 is 22.3 Å². The van der Waals surface area contributed by atoms with Crippen molar-refractivity contribution in [3.63, 3.8) is 0 Å². The first-order chi connectivity index (χ1) is 8.86. The van der Waals surface area contributed by atoms with E-state index in [1.807, 2.05) is 0 Å². The van der Waals surface area contributed by atoms with Crippen LogP contribution in [0.1, 0.15) is 5.56 Å². The third kappa shape index (κ3) is 3.29. The molecule has 0 aliphatic heterocycles. The topological polar surface area (TPSA) is 107 Å². The van der Waals surface area contributed by atoms with E-state index in [0.29, 0.717) is 0 Å². The molecule has 1 aromatic carbocycles. The number of nitriles is 1. The third-order valence-electron chi connectivity index (χ3n) is 2.26. The van der Waals surface area contributed by atoms with Crippen LogP contribution in [0.3, 0.4) is 0 Å². The summed E-state index contributed by atoms with van der Waals surface area (Å²) in [5.74, 6) is -0.974. The van der Waals surface area contributed by atoms with Crippen molar-refractivity contribution in [3.05, 3.63) is 39.4 Å². The van der Waals surface area contributed by atoms with Crippen LogP contribution in [-0.2, 0) is 4.79 Å². The Morgan fingerprint density at radius 2 is 2.16 bits per heavy atom. The number of carbonyl (C=O) groups is 1. The van der Waals surface area contributed by atoms with Gasteiger partial charge in [0.2, 0.25) is 0 Å². The van der Waals surface area contributed by atoms with Crippen LogP contribution in [0.4, 0.5) is 5.69 Å². The molecule has 1 amide bonds. The van der Waals surface area contributed by atoms with Crippen LogP contribution in [0, 0.1) is 21.4 Å².